The molecule has 0 bridgehead atoms. The molecule has 0 aromatic heterocycles. The normalized spacial score (nSPS) is 23.5. The van der Waals surface area contributed by atoms with Gasteiger partial charge in [-0.2, -0.15) is 13.2 Å². The number of nitrogens with zero attached hydrogens (tertiary/aromatic N) is 1. The van der Waals surface area contributed by atoms with Crippen molar-refractivity contribution in [2.45, 2.75) is 19.0 Å². The van der Waals surface area contributed by atoms with Crippen molar-refractivity contribution in [2.75, 3.05) is 33.2 Å². The van der Waals surface area contributed by atoms with Crippen molar-refractivity contribution < 1.29 is 23.1 Å². The molecular weight excluding hydrogens is 237 g/mol. The van der Waals surface area contributed by atoms with E-state index in [9.17, 15) is 13.2 Å². The van der Waals surface area contributed by atoms with Gasteiger partial charge in [-0.25, -0.2) is 4.79 Å². The van der Waals surface area contributed by atoms with Gasteiger partial charge in [0.05, 0.1) is 0 Å². The van der Waals surface area contributed by atoms with Gasteiger partial charge >= 0.3 is 12.1 Å². The van der Waals surface area contributed by atoms with Crippen LogP contribution in [0.1, 0.15) is 12.8 Å². The Morgan fingerprint density at radius 1 is 1.41 bits per heavy atom. The van der Waals surface area contributed by atoms with E-state index in [4.69, 9.17) is 9.90 Å². The second-order valence-corrected chi connectivity index (χ2v) is 4.76. The Morgan fingerprint density at radius 3 is 2.24 bits per heavy atom. The van der Waals surface area contributed by atoms with Crippen LogP contribution in [0.3, 0.4) is 0 Å². The molecule has 0 radical (unpaired) electrons. The molecule has 7 heteroatoms. The van der Waals surface area contributed by atoms with E-state index in [1.165, 1.54) is 39.0 Å². The first-order valence-corrected chi connectivity index (χ1v) is 5.45. The summed E-state index contributed by atoms with van der Waals surface area (Å²) in [4.78, 5) is 11.3. The van der Waals surface area contributed by atoms with E-state index in [-0.39, 0.29) is 0 Å². The Kier molecular flexibility index (Phi) is 4.37. The quantitative estimate of drug-likeness (QED) is 0.675. The summed E-state index contributed by atoms with van der Waals surface area (Å²) in [6, 6.07) is 0. The molecule has 2 fully saturated rings. The van der Waals surface area contributed by atoms with Gasteiger partial charge in [0.15, 0.2) is 0 Å². The van der Waals surface area contributed by atoms with Crippen LogP contribution in [0.15, 0.2) is 0 Å². The highest BCUT2D eigenvalue weighted by Crippen LogP contribution is 2.34. The smallest absolute Gasteiger partial charge is 0.475 e. The number of carboxylic acids is 1. The minimum absolute atomic E-state index is 0.688. The predicted octanol–water partition coefficient (Wildman–Crippen LogP) is 0.935. The summed E-state index contributed by atoms with van der Waals surface area (Å²) in [7, 11) is 2.21. The van der Waals surface area contributed by atoms with Crippen molar-refractivity contribution in [3.63, 3.8) is 0 Å². The van der Waals surface area contributed by atoms with E-state index in [0.717, 1.165) is 0 Å². The Labute approximate surface area is 97.8 Å². The summed E-state index contributed by atoms with van der Waals surface area (Å²) in [6.45, 7) is 5.14. The number of hydrogen-bond acceptors (Lipinski definition) is 3. The third-order valence-electron chi connectivity index (χ3n) is 3.01. The van der Waals surface area contributed by atoms with Gasteiger partial charge in [0, 0.05) is 25.0 Å². The van der Waals surface area contributed by atoms with Crippen LogP contribution < -0.4 is 5.32 Å². The van der Waals surface area contributed by atoms with Gasteiger partial charge in [-0.05, 0) is 26.4 Å². The topological polar surface area (TPSA) is 52.6 Å². The van der Waals surface area contributed by atoms with Crippen molar-refractivity contribution in [3.8, 4) is 0 Å². The first kappa shape index (κ1) is 14.2. The lowest BCUT2D eigenvalue weighted by molar-refractivity contribution is -0.192. The minimum Gasteiger partial charge on any atom is -0.475 e. The zero-order valence-corrected chi connectivity index (χ0v) is 9.68. The fourth-order valence-corrected chi connectivity index (χ4v) is 2.40. The molecule has 0 aliphatic carbocycles. The highest BCUT2D eigenvalue weighted by Gasteiger charge is 2.41. The fourth-order valence-electron chi connectivity index (χ4n) is 2.40. The molecule has 0 aromatic carbocycles. The van der Waals surface area contributed by atoms with Gasteiger partial charge in [-0.1, -0.05) is 0 Å². The Bertz CT molecular complexity index is 260. The monoisotopic (exact) mass is 254 g/mol. The molecule has 4 nitrogen and oxygen atoms in total. The number of halogens is 3. The zero-order valence-electron chi connectivity index (χ0n) is 9.68. The molecular formula is C10H17F3N2O2. The lowest BCUT2D eigenvalue weighted by Gasteiger charge is -2.51. The van der Waals surface area contributed by atoms with E-state index < -0.39 is 12.1 Å². The van der Waals surface area contributed by atoms with Gasteiger partial charge in [0.1, 0.15) is 0 Å². The molecule has 0 saturated carbocycles. The van der Waals surface area contributed by atoms with Crippen LogP contribution in [0.4, 0.5) is 13.2 Å². The highest BCUT2D eigenvalue weighted by atomic mass is 19.4. The maximum atomic E-state index is 10.6. The van der Waals surface area contributed by atoms with Crippen LogP contribution in [-0.2, 0) is 4.79 Å². The average molecular weight is 254 g/mol. The molecule has 0 unspecified atom stereocenters. The van der Waals surface area contributed by atoms with Gasteiger partial charge in [0.2, 0.25) is 0 Å². The molecule has 100 valence electrons. The standard InChI is InChI=1S/C8H16N2.C2HF3O2/c1-10-6-8(7-10)3-2-4-9-5-8;3-2(4,5)1(6)7/h9H,2-7H2,1H3;(H,6,7). The van der Waals surface area contributed by atoms with E-state index in [2.05, 4.69) is 17.3 Å². The second-order valence-electron chi connectivity index (χ2n) is 4.76. The lowest BCUT2D eigenvalue weighted by Crippen LogP contribution is -2.60. The minimum atomic E-state index is -5.08. The number of nitrogens with one attached hydrogen (secondary N) is 1. The fraction of sp³-hybridized carbons (Fsp3) is 0.900. The Balaban J connectivity index is 0.000000185. The number of carbonyl (C=O) groups is 1. The number of piperidine rings is 1. The molecule has 0 aromatic rings. The second kappa shape index (κ2) is 5.22. The van der Waals surface area contributed by atoms with Gasteiger partial charge < -0.3 is 15.3 Å². The first-order valence-electron chi connectivity index (χ1n) is 5.45. The summed E-state index contributed by atoms with van der Waals surface area (Å²) in [5.74, 6) is -2.76. The number of hydrogen-bond donors (Lipinski definition) is 2. The number of likely N-dealkylation sites (tertiary alicyclic amines) is 1. The SMILES string of the molecule is CN1CC2(CCCNC2)C1.O=C(O)C(F)(F)F. The van der Waals surface area contributed by atoms with E-state index in [1.54, 1.807) is 0 Å². The van der Waals surface area contributed by atoms with Crippen LogP contribution in [0.5, 0.6) is 0 Å². The number of rotatable bonds is 0. The molecule has 2 N–H and O–H groups in total. The van der Waals surface area contributed by atoms with Crippen LogP contribution in [0.2, 0.25) is 0 Å². The molecule has 1 spiro atoms. The zero-order chi connectivity index (χ0) is 13.1. The van der Waals surface area contributed by atoms with E-state index >= 15 is 0 Å². The predicted molar refractivity (Wildman–Crippen MR) is 55.7 cm³/mol. The van der Waals surface area contributed by atoms with Gasteiger partial charge in [-0.15, -0.1) is 0 Å². The van der Waals surface area contributed by atoms with Crippen molar-refractivity contribution in [2.24, 2.45) is 5.41 Å². The van der Waals surface area contributed by atoms with Crippen molar-refractivity contribution >= 4 is 5.97 Å². The summed E-state index contributed by atoms with van der Waals surface area (Å²) in [5.41, 5.74) is 0.688. The molecule has 17 heavy (non-hydrogen) atoms. The third-order valence-corrected chi connectivity index (χ3v) is 3.01. The summed E-state index contributed by atoms with van der Waals surface area (Å²) in [6.07, 6.45) is -2.25. The maximum Gasteiger partial charge on any atom is 0.490 e. The molecule has 2 heterocycles. The highest BCUT2D eigenvalue weighted by molar-refractivity contribution is 5.73. The number of carboxylic acid groups (broad SMARTS) is 1. The third kappa shape index (κ3) is 4.16. The van der Waals surface area contributed by atoms with Crippen molar-refractivity contribution in [3.05, 3.63) is 0 Å². The number of alkyl halides is 3. The average Bonchev–Trinajstić information content (AvgIpc) is 2.16. The molecule has 0 amide bonds. The molecule has 2 aliphatic rings. The molecule has 2 aliphatic heterocycles. The maximum absolute atomic E-state index is 10.6. The molecule has 2 saturated heterocycles. The van der Waals surface area contributed by atoms with Crippen LogP contribution in [0.25, 0.3) is 0 Å². The van der Waals surface area contributed by atoms with E-state index in [1.807, 2.05) is 0 Å². The Hall–Kier alpha value is -0.820. The largest absolute Gasteiger partial charge is 0.490 e. The summed E-state index contributed by atoms with van der Waals surface area (Å²) < 4.78 is 31.7. The van der Waals surface area contributed by atoms with Crippen LogP contribution in [-0.4, -0.2) is 55.4 Å². The molecule has 0 atom stereocenters. The summed E-state index contributed by atoms with van der Waals surface area (Å²) in [5, 5.41) is 10.6. The van der Waals surface area contributed by atoms with Crippen LogP contribution in [0, 0.1) is 5.41 Å². The van der Waals surface area contributed by atoms with E-state index in [0.29, 0.717) is 5.41 Å². The number of aliphatic carboxylic acids is 1. The van der Waals surface area contributed by atoms with Crippen molar-refractivity contribution in [1.29, 1.82) is 0 Å². The molecule has 2 rings (SSSR count). The van der Waals surface area contributed by atoms with Crippen LogP contribution >= 0.6 is 0 Å². The van der Waals surface area contributed by atoms with Crippen molar-refractivity contribution in [1.82, 2.24) is 10.2 Å². The Morgan fingerprint density at radius 2 is 1.94 bits per heavy atom. The summed E-state index contributed by atoms with van der Waals surface area (Å²) >= 11 is 0. The first-order chi connectivity index (χ1) is 7.75. The lowest BCUT2D eigenvalue weighted by atomic mass is 9.74. The van der Waals surface area contributed by atoms with Gasteiger partial charge in [-0.3, -0.25) is 0 Å². The van der Waals surface area contributed by atoms with Gasteiger partial charge in [0.25, 0.3) is 0 Å².